The van der Waals surface area contributed by atoms with Crippen molar-refractivity contribution in [1.29, 1.82) is 0 Å². The Morgan fingerprint density at radius 1 is 0.750 bits per heavy atom. The Labute approximate surface area is 324 Å². The molecule has 1 radical (unpaired) electrons. The first-order valence-corrected chi connectivity index (χ1v) is 21.8. The quantitative estimate of drug-likeness (QED) is 0.123. The van der Waals surface area contributed by atoms with Gasteiger partial charge in [0.2, 0.25) is 0 Å². The summed E-state index contributed by atoms with van der Waals surface area (Å²) in [6.07, 6.45) is 9.31. The second-order valence-corrected chi connectivity index (χ2v) is 20.8. The van der Waals surface area contributed by atoms with Crippen LogP contribution in [0.4, 0.5) is 0 Å². The molecular formula is C47H48IrN2OSi-2. The summed E-state index contributed by atoms with van der Waals surface area (Å²) in [4.78, 5) is 9.29. The third-order valence-electron chi connectivity index (χ3n) is 11.0. The molecule has 8 rings (SSSR count). The standard InChI is InChI=1S/C33H32NO.C14H16NSi.Ir/c1-21-9-7-10-22(2)31(21)23-15-16-26-27-13-8-14-28(32(27)35-30(26)19-23)29-20-25(17-18-34-29)33(3,4)24-11-5-6-12-24;1-16(2,3)13-9-10-14(15-11-13)12-7-5-4-6-8-12;/h7-10,13,15-20,24H,5-6,11-12H2,1-4H3;4-7,9-11H,1-3H3;/q2*-1;. The average molecular weight is 877 g/mol. The number of rotatable bonds is 6. The molecule has 4 aromatic carbocycles. The molecule has 0 spiro atoms. The van der Waals surface area contributed by atoms with Crippen LogP contribution in [0.5, 0.6) is 0 Å². The summed E-state index contributed by atoms with van der Waals surface area (Å²) in [6, 6.07) is 40.5. The van der Waals surface area contributed by atoms with Crippen molar-refractivity contribution in [3.05, 3.63) is 138 Å². The van der Waals surface area contributed by atoms with Gasteiger partial charge in [-0.05, 0) is 94.5 Å². The topological polar surface area (TPSA) is 38.9 Å². The molecule has 3 aromatic heterocycles. The van der Waals surface area contributed by atoms with E-state index in [1.165, 1.54) is 58.7 Å². The molecule has 1 aliphatic carbocycles. The number of hydrogen-bond acceptors (Lipinski definition) is 3. The van der Waals surface area contributed by atoms with Crippen LogP contribution in [0.2, 0.25) is 19.6 Å². The van der Waals surface area contributed by atoms with Gasteiger partial charge < -0.3 is 14.4 Å². The molecule has 267 valence electrons. The Hall–Kier alpha value is -4.15. The van der Waals surface area contributed by atoms with Crippen LogP contribution < -0.4 is 5.19 Å². The van der Waals surface area contributed by atoms with E-state index in [1.807, 2.05) is 42.7 Å². The minimum absolute atomic E-state index is 0. The van der Waals surface area contributed by atoms with Crippen LogP contribution in [-0.2, 0) is 25.5 Å². The molecule has 52 heavy (non-hydrogen) atoms. The van der Waals surface area contributed by atoms with Crippen LogP contribution in [0.15, 0.2) is 114 Å². The van der Waals surface area contributed by atoms with Crippen molar-refractivity contribution in [2.75, 3.05) is 0 Å². The summed E-state index contributed by atoms with van der Waals surface area (Å²) < 4.78 is 6.53. The number of hydrogen-bond donors (Lipinski definition) is 0. The van der Waals surface area contributed by atoms with Gasteiger partial charge in [0.15, 0.2) is 0 Å². The second-order valence-electron chi connectivity index (χ2n) is 15.8. The minimum Gasteiger partial charge on any atom is -0.501 e. The van der Waals surface area contributed by atoms with E-state index in [4.69, 9.17) is 9.40 Å². The summed E-state index contributed by atoms with van der Waals surface area (Å²) in [5, 5.41) is 3.64. The Morgan fingerprint density at radius 2 is 1.52 bits per heavy atom. The predicted octanol–water partition coefficient (Wildman–Crippen LogP) is 12.3. The van der Waals surface area contributed by atoms with Gasteiger partial charge in [0.1, 0.15) is 5.58 Å². The van der Waals surface area contributed by atoms with Gasteiger partial charge >= 0.3 is 0 Å². The molecule has 7 aromatic rings. The maximum absolute atomic E-state index is 6.53. The summed E-state index contributed by atoms with van der Waals surface area (Å²) in [7, 11) is -1.23. The molecule has 0 bridgehead atoms. The molecule has 1 fully saturated rings. The van der Waals surface area contributed by atoms with E-state index in [-0.39, 0.29) is 25.5 Å². The van der Waals surface area contributed by atoms with Crippen LogP contribution >= 0.6 is 0 Å². The van der Waals surface area contributed by atoms with E-state index in [0.717, 1.165) is 50.4 Å². The summed E-state index contributed by atoms with van der Waals surface area (Å²) in [6.45, 7) is 16.1. The minimum atomic E-state index is -1.23. The fourth-order valence-corrected chi connectivity index (χ4v) is 8.79. The SMILES string of the molecule is C[Si](C)(C)c1ccc(-c2[c-]cccc2)nc1.Cc1cccc(C)c1-c1ccc2c(c1)oc1c(-c3cc(C(C)(C)C4CCCC4)ccn3)[c-]ccc12.[Ir]. The molecule has 5 heteroatoms. The number of fused-ring (bicyclic) bond motifs is 3. The molecule has 0 saturated heterocycles. The van der Waals surface area contributed by atoms with E-state index < -0.39 is 8.07 Å². The number of benzene rings is 4. The first kappa shape index (κ1) is 37.6. The number of aryl methyl sites for hydroxylation is 2. The summed E-state index contributed by atoms with van der Waals surface area (Å²) in [5.74, 6) is 0.729. The molecule has 3 nitrogen and oxygen atoms in total. The molecule has 0 aliphatic heterocycles. The zero-order chi connectivity index (χ0) is 35.8. The summed E-state index contributed by atoms with van der Waals surface area (Å²) in [5.41, 5.74) is 12.2. The first-order valence-electron chi connectivity index (χ1n) is 18.3. The van der Waals surface area contributed by atoms with E-state index >= 15 is 0 Å². The van der Waals surface area contributed by atoms with Crippen LogP contribution in [0, 0.1) is 31.9 Å². The number of nitrogens with zero attached hydrogens (tertiary/aromatic N) is 2. The molecule has 0 unspecified atom stereocenters. The van der Waals surface area contributed by atoms with Crippen molar-refractivity contribution in [1.82, 2.24) is 9.97 Å². The van der Waals surface area contributed by atoms with Gasteiger partial charge in [0.25, 0.3) is 0 Å². The van der Waals surface area contributed by atoms with Gasteiger partial charge in [-0.2, -0.15) is 0 Å². The molecule has 1 aliphatic rings. The third-order valence-corrected chi connectivity index (χ3v) is 13.0. The molecule has 0 N–H and O–H groups in total. The van der Waals surface area contributed by atoms with Gasteiger partial charge in [0.05, 0.1) is 13.7 Å². The van der Waals surface area contributed by atoms with Crippen molar-refractivity contribution < 1.29 is 24.5 Å². The zero-order valence-corrected chi connectivity index (χ0v) is 34.8. The van der Waals surface area contributed by atoms with Crippen LogP contribution in [-0.4, -0.2) is 18.0 Å². The normalized spacial score (nSPS) is 13.5. The van der Waals surface area contributed by atoms with Gasteiger partial charge in [0, 0.05) is 37.9 Å². The van der Waals surface area contributed by atoms with E-state index in [9.17, 15) is 0 Å². The van der Waals surface area contributed by atoms with Crippen LogP contribution in [0.25, 0.3) is 55.6 Å². The van der Waals surface area contributed by atoms with E-state index in [2.05, 4.69) is 131 Å². The number of furan rings is 1. The fraction of sp³-hybridized carbons (Fsp3) is 0.277. The monoisotopic (exact) mass is 877 g/mol. The first-order chi connectivity index (χ1) is 24.5. The van der Waals surface area contributed by atoms with E-state index in [1.54, 1.807) is 0 Å². The molecule has 0 atom stereocenters. The van der Waals surface area contributed by atoms with Gasteiger partial charge in [-0.25, -0.2) is 0 Å². The predicted molar refractivity (Wildman–Crippen MR) is 217 cm³/mol. The second kappa shape index (κ2) is 15.4. The van der Waals surface area contributed by atoms with Crippen molar-refractivity contribution in [2.24, 2.45) is 5.92 Å². The molecule has 3 heterocycles. The Morgan fingerprint density at radius 3 is 2.19 bits per heavy atom. The van der Waals surface area contributed by atoms with Crippen molar-refractivity contribution in [3.8, 4) is 33.6 Å². The Balaban J connectivity index is 0.000000230. The van der Waals surface area contributed by atoms with Gasteiger partial charge in [-0.1, -0.05) is 106 Å². The van der Waals surface area contributed by atoms with Crippen LogP contribution in [0.1, 0.15) is 56.2 Å². The average Bonchev–Trinajstić information content (AvgIpc) is 3.81. The van der Waals surface area contributed by atoms with Crippen LogP contribution in [0.3, 0.4) is 0 Å². The van der Waals surface area contributed by atoms with Crippen molar-refractivity contribution in [3.63, 3.8) is 0 Å². The third kappa shape index (κ3) is 7.64. The number of aromatic nitrogens is 2. The van der Waals surface area contributed by atoms with E-state index in [0.29, 0.717) is 0 Å². The molecular weight excluding hydrogens is 829 g/mol. The number of pyridine rings is 2. The fourth-order valence-electron chi connectivity index (χ4n) is 7.76. The Bertz CT molecular complexity index is 2280. The van der Waals surface area contributed by atoms with Gasteiger partial charge in [-0.15, -0.1) is 54.1 Å². The molecule has 1 saturated carbocycles. The maximum atomic E-state index is 6.53. The molecule has 0 amide bonds. The summed E-state index contributed by atoms with van der Waals surface area (Å²) >= 11 is 0. The Kier molecular flexibility index (Phi) is 11.2. The largest absolute Gasteiger partial charge is 0.501 e. The van der Waals surface area contributed by atoms with Crippen molar-refractivity contribution in [2.45, 2.75) is 78.4 Å². The van der Waals surface area contributed by atoms with Crippen molar-refractivity contribution >= 4 is 35.2 Å². The smallest absolute Gasteiger partial charge is 0.121 e. The van der Waals surface area contributed by atoms with Gasteiger partial charge in [-0.3, -0.25) is 0 Å². The zero-order valence-electron chi connectivity index (χ0n) is 31.4. The maximum Gasteiger partial charge on any atom is 0.121 e.